The molecule has 2 aromatic rings. The van der Waals surface area contributed by atoms with E-state index in [1.807, 2.05) is 6.07 Å². The van der Waals surface area contributed by atoms with Crippen molar-refractivity contribution in [3.8, 4) is 17.2 Å². The number of nitrogens with zero attached hydrogens (tertiary/aromatic N) is 1. The molecule has 0 bridgehead atoms. The van der Waals surface area contributed by atoms with Gasteiger partial charge in [-0.3, -0.25) is 9.69 Å². The molecule has 7 heteroatoms. The molecular formula is C23H29FN2O4. The van der Waals surface area contributed by atoms with Crippen molar-refractivity contribution in [1.29, 1.82) is 0 Å². The van der Waals surface area contributed by atoms with Crippen molar-refractivity contribution >= 4 is 11.6 Å². The first-order valence-corrected chi connectivity index (χ1v) is 10.1. The zero-order chi connectivity index (χ0) is 21.5. The molecule has 2 aromatic carbocycles. The third-order valence-electron chi connectivity index (χ3n) is 5.43. The Bertz CT molecular complexity index is 849. The molecule has 6 nitrogen and oxygen atoms in total. The van der Waals surface area contributed by atoms with Crippen LogP contribution < -0.4 is 19.5 Å². The fraction of sp³-hybridized carbons (Fsp3) is 0.435. The molecule has 1 aliphatic heterocycles. The molecule has 1 N–H and O–H groups in total. The van der Waals surface area contributed by atoms with Gasteiger partial charge in [0, 0.05) is 36.8 Å². The number of halogens is 1. The molecule has 162 valence electrons. The van der Waals surface area contributed by atoms with Gasteiger partial charge in [-0.25, -0.2) is 4.39 Å². The van der Waals surface area contributed by atoms with E-state index in [0.717, 1.165) is 31.4 Å². The largest absolute Gasteiger partial charge is 0.493 e. The number of methoxy groups -OCH3 is 3. The predicted octanol–water partition coefficient (Wildman–Crippen LogP) is 3.89. The maximum absolute atomic E-state index is 13.5. The smallest absolute Gasteiger partial charge is 0.225 e. The van der Waals surface area contributed by atoms with Gasteiger partial charge in [0.15, 0.2) is 11.5 Å². The van der Waals surface area contributed by atoms with Crippen molar-refractivity contribution in [2.24, 2.45) is 0 Å². The van der Waals surface area contributed by atoms with Crippen molar-refractivity contribution < 1.29 is 23.4 Å². The molecule has 1 saturated heterocycles. The minimum atomic E-state index is -0.207. The molecular weight excluding hydrogens is 387 g/mol. The van der Waals surface area contributed by atoms with Gasteiger partial charge in [-0.2, -0.15) is 0 Å². The van der Waals surface area contributed by atoms with E-state index in [0.29, 0.717) is 41.9 Å². The Morgan fingerprint density at radius 2 is 1.87 bits per heavy atom. The molecule has 1 atom stereocenters. The fourth-order valence-electron chi connectivity index (χ4n) is 3.98. The number of nitrogens with one attached hydrogen (secondary N) is 1. The molecule has 0 radical (unpaired) electrons. The number of ether oxygens (including phenoxy) is 3. The molecule has 0 aromatic heterocycles. The van der Waals surface area contributed by atoms with Crippen LogP contribution >= 0.6 is 0 Å². The molecule has 30 heavy (non-hydrogen) atoms. The average molecular weight is 416 g/mol. The molecule has 3 rings (SSSR count). The number of carbonyl (C=O) groups is 1. The van der Waals surface area contributed by atoms with E-state index in [9.17, 15) is 9.18 Å². The minimum Gasteiger partial charge on any atom is -0.493 e. The summed E-state index contributed by atoms with van der Waals surface area (Å²) in [5.74, 6) is 1.17. The molecule has 1 amide bonds. The SMILES string of the molecule is COc1cc(NC(=O)CCN2CCCC2Cc2cccc(F)c2)cc(OC)c1OC. The lowest BCUT2D eigenvalue weighted by Gasteiger charge is -2.24. The summed E-state index contributed by atoms with van der Waals surface area (Å²) in [5, 5.41) is 2.91. The number of benzene rings is 2. The second-order valence-corrected chi connectivity index (χ2v) is 7.38. The normalized spacial score (nSPS) is 16.3. The Kier molecular flexibility index (Phi) is 7.52. The highest BCUT2D eigenvalue weighted by Crippen LogP contribution is 2.39. The van der Waals surface area contributed by atoms with Crippen LogP contribution in [-0.2, 0) is 11.2 Å². The van der Waals surface area contributed by atoms with E-state index in [1.54, 1.807) is 24.3 Å². The molecule has 1 heterocycles. The summed E-state index contributed by atoms with van der Waals surface area (Å²) < 4.78 is 29.4. The zero-order valence-electron chi connectivity index (χ0n) is 17.7. The fourth-order valence-corrected chi connectivity index (χ4v) is 3.98. The lowest BCUT2D eigenvalue weighted by Crippen LogP contribution is -2.33. The number of anilines is 1. The van der Waals surface area contributed by atoms with E-state index < -0.39 is 0 Å². The molecule has 1 aliphatic rings. The van der Waals surface area contributed by atoms with Crippen LogP contribution in [-0.4, -0.2) is 51.3 Å². The summed E-state index contributed by atoms with van der Waals surface area (Å²) in [7, 11) is 4.61. The van der Waals surface area contributed by atoms with Crippen LogP contribution in [0.15, 0.2) is 36.4 Å². The third-order valence-corrected chi connectivity index (χ3v) is 5.43. The van der Waals surface area contributed by atoms with Crippen molar-refractivity contribution in [1.82, 2.24) is 4.90 Å². The highest BCUT2D eigenvalue weighted by Gasteiger charge is 2.25. The summed E-state index contributed by atoms with van der Waals surface area (Å²) in [6, 6.07) is 10.5. The lowest BCUT2D eigenvalue weighted by atomic mass is 10.0. The van der Waals surface area contributed by atoms with Gasteiger partial charge in [-0.05, 0) is 43.5 Å². The van der Waals surface area contributed by atoms with Gasteiger partial charge in [0.25, 0.3) is 0 Å². The molecule has 0 spiro atoms. The Labute approximate surface area is 176 Å². The number of likely N-dealkylation sites (tertiary alicyclic amines) is 1. The second kappa shape index (κ2) is 10.3. The van der Waals surface area contributed by atoms with E-state index in [1.165, 1.54) is 27.4 Å². The Hall–Kier alpha value is -2.80. The van der Waals surface area contributed by atoms with Gasteiger partial charge in [0.05, 0.1) is 21.3 Å². The van der Waals surface area contributed by atoms with Gasteiger partial charge >= 0.3 is 0 Å². The number of rotatable bonds is 9. The third kappa shape index (κ3) is 5.42. The molecule has 1 unspecified atom stereocenters. The van der Waals surface area contributed by atoms with Crippen LogP contribution in [0.2, 0.25) is 0 Å². The number of carbonyl (C=O) groups excluding carboxylic acids is 1. The van der Waals surface area contributed by atoms with Gasteiger partial charge in [0.2, 0.25) is 11.7 Å². The Morgan fingerprint density at radius 3 is 2.50 bits per heavy atom. The van der Waals surface area contributed by atoms with Crippen molar-refractivity contribution in [2.75, 3.05) is 39.7 Å². The quantitative estimate of drug-likeness (QED) is 0.672. The Morgan fingerprint density at radius 1 is 1.13 bits per heavy atom. The van der Waals surface area contributed by atoms with E-state index in [4.69, 9.17) is 14.2 Å². The van der Waals surface area contributed by atoms with E-state index in [2.05, 4.69) is 10.2 Å². The van der Waals surface area contributed by atoms with Crippen molar-refractivity contribution in [3.63, 3.8) is 0 Å². The average Bonchev–Trinajstić information content (AvgIpc) is 3.18. The second-order valence-electron chi connectivity index (χ2n) is 7.38. The van der Waals surface area contributed by atoms with Crippen molar-refractivity contribution in [2.45, 2.75) is 31.7 Å². The maximum Gasteiger partial charge on any atom is 0.225 e. The van der Waals surface area contributed by atoms with Gasteiger partial charge < -0.3 is 19.5 Å². The van der Waals surface area contributed by atoms with Crippen molar-refractivity contribution in [3.05, 3.63) is 47.8 Å². The summed E-state index contributed by atoms with van der Waals surface area (Å²) in [6.45, 7) is 1.62. The highest BCUT2D eigenvalue weighted by molar-refractivity contribution is 5.91. The first kappa shape index (κ1) is 21.9. The summed E-state index contributed by atoms with van der Waals surface area (Å²) in [6.07, 6.45) is 3.32. The maximum atomic E-state index is 13.5. The molecule has 0 saturated carbocycles. The number of amides is 1. The van der Waals surface area contributed by atoms with Crippen LogP contribution in [0.5, 0.6) is 17.2 Å². The summed E-state index contributed by atoms with van der Waals surface area (Å²) in [5.41, 5.74) is 1.58. The van der Waals surface area contributed by atoms with Crippen LogP contribution in [0.4, 0.5) is 10.1 Å². The molecule has 1 fully saturated rings. The number of hydrogen-bond acceptors (Lipinski definition) is 5. The summed E-state index contributed by atoms with van der Waals surface area (Å²) in [4.78, 5) is 14.9. The highest BCUT2D eigenvalue weighted by atomic mass is 19.1. The van der Waals surface area contributed by atoms with Crippen LogP contribution in [0.25, 0.3) is 0 Å². The number of hydrogen-bond donors (Lipinski definition) is 1. The van der Waals surface area contributed by atoms with Crippen LogP contribution in [0, 0.1) is 5.82 Å². The van der Waals surface area contributed by atoms with Gasteiger partial charge in [0.1, 0.15) is 5.82 Å². The minimum absolute atomic E-state index is 0.0827. The Balaban J connectivity index is 1.57. The van der Waals surface area contributed by atoms with Gasteiger partial charge in [-0.15, -0.1) is 0 Å². The van der Waals surface area contributed by atoms with E-state index in [-0.39, 0.29) is 11.7 Å². The first-order chi connectivity index (χ1) is 14.5. The van der Waals surface area contributed by atoms with E-state index >= 15 is 0 Å². The lowest BCUT2D eigenvalue weighted by molar-refractivity contribution is -0.116. The van der Waals surface area contributed by atoms with Crippen LogP contribution in [0.3, 0.4) is 0 Å². The zero-order valence-corrected chi connectivity index (χ0v) is 17.7. The van der Waals surface area contributed by atoms with Gasteiger partial charge in [-0.1, -0.05) is 12.1 Å². The topological polar surface area (TPSA) is 60.0 Å². The summed E-state index contributed by atoms with van der Waals surface area (Å²) >= 11 is 0. The van der Waals surface area contributed by atoms with Crippen LogP contribution in [0.1, 0.15) is 24.8 Å². The monoisotopic (exact) mass is 416 g/mol. The first-order valence-electron chi connectivity index (χ1n) is 10.1. The standard InChI is InChI=1S/C23H29FN2O4/c1-28-20-14-18(15-21(29-2)23(20)30-3)25-22(27)9-11-26-10-5-8-19(26)13-16-6-4-7-17(24)12-16/h4,6-7,12,14-15,19H,5,8-11,13H2,1-3H3,(H,25,27). The predicted molar refractivity (Wildman–Crippen MR) is 114 cm³/mol. The molecule has 0 aliphatic carbocycles.